The van der Waals surface area contributed by atoms with Gasteiger partial charge in [-0.2, -0.15) is 0 Å². The monoisotopic (exact) mass is 274 g/mol. The number of amides is 2. The number of rotatable bonds is 4. The molecule has 1 aliphatic carbocycles. The second-order valence-corrected chi connectivity index (χ2v) is 5.21. The van der Waals surface area contributed by atoms with Gasteiger partial charge in [0.25, 0.3) is 5.91 Å². The van der Waals surface area contributed by atoms with Gasteiger partial charge < -0.3 is 15.4 Å². The summed E-state index contributed by atoms with van der Waals surface area (Å²) >= 11 is 0. The van der Waals surface area contributed by atoms with Crippen molar-refractivity contribution in [3.05, 3.63) is 29.3 Å². The highest BCUT2D eigenvalue weighted by molar-refractivity contribution is 6.05. The van der Waals surface area contributed by atoms with Gasteiger partial charge in [0.2, 0.25) is 5.91 Å². The molecule has 0 unspecified atom stereocenters. The third-order valence-electron chi connectivity index (χ3n) is 3.94. The van der Waals surface area contributed by atoms with Crippen LogP contribution in [0.1, 0.15) is 35.7 Å². The molecule has 1 aromatic rings. The number of fused-ring (bicyclic) bond motifs is 1. The number of hydrogen-bond acceptors (Lipinski definition) is 3. The number of ether oxygens (including phenoxy) is 1. The molecule has 1 saturated carbocycles. The maximum absolute atomic E-state index is 12.4. The molecule has 0 saturated heterocycles. The topological polar surface area (TPSA) is 67.4 Å². The first-order chi connectivity index (χ1) is 9.69. The summed E-state index contributed by atoms with van der Waals surface area (Å²) in [6, 6.07) is 5.47. The second kappa shape index (κ2) is 5.25. The van der Waals surface area contributed by atoms with Crippen molar-refractivity contribution in [2.75, 3.05) is 11.9 Å². The van der Waals surface area contributed by atoms with E-state index in [1.165, 1.54) is 0 Å². The highest BCUT2D eigenvalue weighted by Gasteiger charge is 2.33. The van der Waals surface area contributed by atoms with Crippen molar-refractivity contribution in [2.45, 2.75) is 38.3 Å². The van der Waals surface area contributed by atoms with Gasteiger partial charge in [0.05, 0.1) is 18.6 Å². The lowest BCUT2D eigenvalue weighted by Crippen LogP contribution is -2.51. The molecule has 106 valence electrons. The quantitative estimate of drug-likeness (QED) is 0.874. The van der Waals surface area contributed by atoms with Gasteiger partial charge in [-0.25, -0.2) is 0 Å². The fourth-order valence-corrected chi connectivity index (χ4v) is 2.76. The average molecular weight is 274 g/mol. The van der Waals surface area contributed by atoms with Crippen LogP contribution in [0, 0.1) is 0 Å². The van der Waals surface area contributed by atoms with Gasteiger partial charge in [-0.3, -0.25) is 9.59 Å². The highest BCUT2D eigenvalue weighted by atomic mass is 16.5. The van der Waals surface area contributed by atoms with Crippen LogP contribution in [0.2, 0.25) is 0 Å². The van der Waals surface area contributed by atoms with E-state index < -0.39 is 0 Å². The Hall–Kier alpha value is -1.88. The molecule has 20 heavy (non-hydrogen) atoms. The first-order valence-corrected chi connectivity index (χ1v) is 7.03. The molecule has 2 atom stereocenters. The van der Waals surface area contributed by atoms with Gasteiger partial charge in [0.15, 0.2) is 0 Å². The van der Waals surface area contributed by atoms with Crippen molar-refractivity contribution < 1.29 is 14.3 Å². The van der Waals surface area contributed by atoms with Crippen molar-refractivity contribution in [1.82, 2.24) is 5.32 Å². The second-order valence-electron chi connectivity index (χ2n) is 5.21. The molecular weight excluding hydrogens is 256 g/mol. The van der Waals surface area contributed by atoms with Crippen molar-refractivity contribution in [1.29, 1.82) is 0 Å². The fourth-order valence-electron chi connectivity index (χ4n) is 2.76. The van der Waals surface area contributed by atoms with Crippen molar-refractivity contribution in [2.24, 2.45) is 0 Å². The third kappa shape index (κ3) is 2.29. The maximum Gasteiger partial charge on any atom is 0.251 e. The first-order valence-electron chi connectivity index (χ1n) is 7.03. The van der Waals surface area contributed by atoms with Crippen LogP contribution in [0.15, 0.2) is 18.2 Å². The highest BCUT2D eigenvalue weighted by Crippen LogP contribution is 2.28. The van der Waals surface area contributed by atoms with Crippen LogP contribution in [0.4, 0.5) is 5.69 Å². The summed E-state index contributed by atoms with van der Waals surface area (Å²) in [5.41, 5.74) is 2.13. The van der Waals surface area contributed by atoms with E-state index in [1.807, 2.05) is 13.0 Å². The Morgan fingerprint density at radius 2 is 2.30 bits per heavy atom. The molecule has 0 radical (unpaired) electrons. The average Bonchev–Trinajstić information content (AvgIpc) is 2.80. The van der Waals surface area contributed by atoms with Crippen molar-refractivity contribution in [3.63, 3.8) is 0 Å². The van der Waals surface area contributed by atoms with Crippen molar-refractivity contribution >= 4 is 17.5 Å². The molecule has 0 bridgehead atoms. The number of anilines is 1. The first kappa shape index (κ1) is 13.1. The largest absolute Gasteiger partial charge is 0.376 e. The van der Waals surface area contributed by atoms with E-state index in [0.717, 1.165) is 24.1 Å². The zero-order chi connectivity index (χ0) is 14.1. The lowest BCUT2D eigenvalue weighted by atomic mass is 9.88. The van der Waals surface area contributed by atoms with E-state index in [1.54, 1.807) is 12.1 Å². The Balaban J connectivity index is 1.73. The molecule has 0 aromatic heterocycles. The zero-order valence-electron chi connectivity index (χ0n) is 11.4. The van der Waals surface area contributed by atoms with Crippen LogP contribution in [-0.4, -0.2) is 30.6 Å². The van der Waals surface area contributed by atoms with Gasteiger partial charge in [0, 0.05) is 17.9 Å². The Morgan fingerprint density at radius 3 is 3.00 bits per heavy atom. The number of hydrogen-bond donors (Lipinski definition) is 2. The van der Waals surface area contributed by atoms with Crippen molar-refractivity contribution in [3.8, 4) is 0 Å². The van der Waals surface area contributed by atoms with E-state index in [0.29, 0.717) is 12.2 Å². The fraction of sp³-hybridized carbons (Fsp3) is 0.467. The normalized spacial score (nSPS) is 23.8. The molecule has 2 amide bonds. The van der Waals surface area contributed by atoms with E-state index in [-0.39, 0.29) is 30.4 Å². The predicted molar refractivity (Wildman–Crippen MR) is 74.7 cm³/mol. The molecule has 0 spiro atoms. The molecule has 5 heteroatoms. The molecule has 5 nitrogen and oxygen atoms in total. The van der Waals surface area contributed by atoms with Gasteiger partial charge in [0.1, 0.15) is 0 Å². The minimum Gasteiger partial charge on any atom is -0.376 e. The number of nitrogens with one attached hydrogen (secondary N) is 2. The molecule has 1 aromatic carbocycles. The summed E-state index contributed by atoms with van der Waals surface area (Å²) < 4.78 is 5.56. The molecule has 3 rings (SSSR count). The van der Waals surface area contributed by atoms with E-state index in [4.69, 9.17) is 4.74 Å². The maximum atomic E-state index is 12.4. The molecule has 2 aliphatic rings. The Morgan fingerprint density at radius 1 is 1.45 bits per heavy atom. The number of benzene rings is 1. The summed E-state index contributed by atoms with van der Waals surface area (Å²) in [5.74, 6) is -0.177. The van der Waals surface area contributed by atoms with Crippen LogP contribution in [0.5, 0.6) is 0 Å². The van der Waals surface area contributed by atoms with Crippen LogP contribution in [0.3, 0.4) is 0 Å². The minimum absolute atomic E-state index is 0.0592. The Bertz CT molecular complexity index is 556. The predicted octanol–water partition coefficient (Wildman–Crippen LogP) is 1.48. The van der Waals surface area contributed by atoms with Crippen LogP contribution in [-0.2, 0) is 16.0 Å². The summed E-state index contributed by atoms with van der Waals surface area (Å²) in [7, 11) is 0. The lowest BCUT2D eigenvalue weighted by molar-refractivity contribution is -0.115. The van der Waals surface area contributed by atoms with Gasteiger partial charge in [-0.15, -0.1) is 0 Å². The zero-order valence-corrected chi connectivity index (χ0v) is 11.4. The molecular formula is C15H18N2O3. The Labute approximate surface area is 117 Å². The molecule has 2 N–H and O–H groups in total. The smallest absolute Gasteiger partial charge is 0.251 e. The molecule has 1 aliphatic heterocycles. The minimum atomic E-state index is -0.118. The number of carbonyl (C=O) groups is 2. The standard InChI is InChI=1S/C15H18N2O3/c1-2-20-13-7-6-12(13)17-15(19)9-4-3-5-11-10(9)8-14(18)16-11/h3-5,12-13H,2,6-8H2,1H3,(H,16,18)(H,17,19)/t12-,13-/m1/s1. The lowest BCUT2D eigenvalue weighted by Gasteiger charge is -2.36. The molecule has 1 fully saturated rings. The summed E-state index contributed by atoms with van der Waals surface area (Å²) in [5, 5.41) is 5.77. The van der Waals surface area contributed by atoms with Gasteiger partial charge in [-0.05, 0) is 37.5 Å². The summed E-state index contributed by atoms with van der Waals surface area (Å²) in [6.45, 7) is 2.62. The van der Waals surface area contributed by atoms with Crippen LogP contribution in [0.25, 0.3) is 0 Å². The van der Waals surface area contributed by atoms with Crippen LogP contribution >= 0.6 is 0 Å². The van der Waals surface area contributed by atoms with E-state index in [2.05, 4.69) is 10.6 Å². The SMILES string of the molecule is CCO[C@@H]1CC[C@H]1NC(=O)c1cccc2c1CC(=O)N2. The van der Waals surface area contributed by atoms with Crippen LogP contribution < -0.4 is 10.6 Å². The van der Waals surface area contributed by atoms with Gasteiger partial charge >= 0.3 is 0 Å². The Kier molecular flexibility index (Phi) is 3.44. The van der Waals surface area contributed by atoms with E-state index >= 15 is 0 Å². The summed E-state index contributed by atoms with van der Waals surface area (Å²) in [6.07, 6.45) is 2.34. The summed E-state index contributed by atoms with van der Waals surface area (Å²) in [4.78, 5) is 23.8. The van der Waals surface area contributed by atoms with Gasteiger partial charge in [-0.1, -0.05) is 6.07 Å². The van der Waals surface area contributed by atoms with E-state index in [9.17, 15) is 9.59 Å². The number of carbonyl (C=O) groups excluding carboxylic acids is 2. The third-order valence-corrected chi connectivity index (χ3v) is 3.94. The molecule has 1 heterocycles.